The van der Waals surface area contributed by atoms with Crippen molar-refractivity contribution in [2.75, 3.05) is 39.6 Å². The minimum atomic E-state index is 0.0640. The van der Waals surface area contributed by atoms with Crippen molar-refractivity contribution in [1.29, 1.82) is 0 Å². The van der Waals surface area contributed by atoms with E-state index in [0.29, 0.717) is 33.0 Å². The highest BCUT2D eigenvalue weighted by molar-refractivity contribution is 4.71. The van der Waals surface area contributed by atoms with Gasteiger partial charge in [-0.3, -0.25) is 0 Å². The fourth-order valence-corrected chi connectivity index (χ4v) is 1.40. The van der Waals surface area contributed by atoms with E-state index < -0.39 is 0 Å². The summed E-state index contributed by atoms with van der Waals surface area (Å²) in [6.45, 7) is 6.96. The molecule has 0 saturated heterocycles. The van der Waals surface area contributed by atoms with Crippen LogP contribution < -0.4 is 0 Å². The third-order valence-corrected chi connectivity index (χ3v) is 2.38. The summed E-state index contributed by atoms with van der Waals surface area (Å²) in [6, 6.07) is 0. The molecule has 0 spiro atoms. The van der Waals surface area contributed by atoms with E-state index >= 15 is 0 Å². The lowest BCUT2D eigenvalue weighted by Crippen LogP contribution is -2.17. The van der Waals surface area contributed by atoms with Gasteiger partial charge in [0.1, 0.15) is 0 Å². The Balaban J connectivity index is 3.19. The summed E-state index contributed by atoms with van der Waals surface area (Å²) < 4.78 is 16.1. The number of hydrogen-bond acceptors (Lipinski definition) is 4. The third-order valence-electron chi connectivity index (χ3n) is 2.38. The number of aliphatic hydroxyl groups is 1. The third kappa shape index (κ3) is 12.1. The van der Waals surface area contributed by atoms with E-state index in [2.05, 4.69) is 13.3 Å². The molecule has 0 amide bonds. The van der Waals surface area contributed by atoms with Crippen molar-refractivity contribution in [1.82, 2.24) is 0 Å². The fourth-order valence-electron chi connectivity index (χ4n) is 1.40. The van der Waals surface area contributed by atoms with Gasteiger partial charge in [0.2, 0.25) is 0 Å². The largest absolute Gasteiger partial charge is 0.394 e. The zero-order valence-electron chi connectivity index (χ0n) is 11.2. The second-order valence-corrected chi connectivity index (χ2v) is 3.83. The first-order valence-corrected chi connectivity index (χ1v) is 6.52. The molecule has 0 aromatic carbocycles. The van der Waals surface area contributed by atoms with Crippen LogP contribution in [0.5, 0.6) is 0 Å². The second-order valence-electron chi connectivity index (χ2n) is 3.83. The summed E-state index contributed by atoms with van der Waals surface area (Å²) in [5.41, 5.74) is 0. The molecule has 0 aliphatic heterocycles. The van der Waals surface area contributed by atoms with Gasteiger partial charge in [0, 0.05) is 0 Å². The van der Waals surface area contributed by atoms with E-state index in [-0.39, 0.29) is 12.7 Å². The van der Waals surface area contributed by atoms with Crippen molar-refractivity contribution < 1.29 is 19.3 Å². The van der Waals surface area contributed by atoms with Gasteiger partial charge in [-0.25, -0.2) is 0 Å². The Morgan fingerprint density at radius 3 is 2.29 bits per heavy atom. The lowest BCUT2D eigenvalue weighted by molar-refractivity contribution is -0.00871. The zero-order chi connectivity index (χ0) is 12.8. The second kappa shape index (κ2) is 13.9. The number of ether oxygens (including phenoxy) is 3. The van der Waals surface area contributed by atoms with E-state index in [1.165, 1.54) is 12.8 Å². The van der Waals surface area contributed by atoms with Crippen molar-refractivity contribution in [3.05, 3.63) is 6.42 Å². The highest BCUT2D eigenvalue weighted by atomic mass is 16.5. The fraction of sp³-hybridized carbons (Fsp3) is 0.923. The van der Waals surface area contributed by atoms with Crippen molar-refractivity contribution in [3.63, 3.8) is 0 Å². The van der Waals surface area contributed by atoms with Crippen LogP contribution in [0.25, 0.3) is 0 Å². The van der Waals surface area contributed by atoms with Crippen LogP contribution in [0.3, 0.4) is 0 Å². The lowest BCUT2D eigenvalue weighted by Gasteiger charge is -2.15. The predicted octanol–water partition coefficient (Wildman–Crippen LogP) is 1.81. The Bertz CT molecular complexity index is 141. The zero-order valence-corrected chi connectivity index (χ0v) is 11.2. The maximum Gasteiger partial charge on any atom is 0.0704 e. The molecule has 4 nitrogen and oxygen atoms in total. The molecule has 4 heteroatoms. The molecule has 0 aromatic heterocycles. The first kappa shape index (κ1) is 16.8. The van der Waals surface area contributed by atoms with Gasteiger partial charge in [0.05, 0.1) is 45.7 Å². The number of aliphatic hydroxyl groups excluding tert-OH is 1. The Morgan fingerprint density at radius 1 is 1.06 bits per heavy atom. The molecule has 1 atom stereocenters. The number of hydrogen-bond donors (Lipinski definition) is 1. The van der Waals surface area contributed by atoms with Gasteiger partial charge in [-0.1, -0.05) is 26.7 Å². The van der Waals surface area contributed by atoms with Crippen LogP contribution in [0.4, 0.5) is 0 Å². The van der Waals surface area contributed by atoms with Crippen LogP contribution >= 0.6 is 0 Å². The molecule has 103 valence electrons. The van der Waals surface area contributed by atoms with Crippen molar-refractivity contribution in [2.45, 2.75) is 39.2 Å². The SMILES string of the molecule is C[CH]C(CCCC)OCCOCCOCCO. The van der Waals surface area contributed by atoms with Gasteiger partial charge in [-0.2, -0.15) is 0 Å². The Hall–Kier alpha value is -0.160. The highest BCUT2D eigenvalue weighted by Gasteiger charge is 2.05. The molecule has 1 radical (unpaired) electrons. The maximum absolute atomic E-state index is 8.48. The average molecular weight is 247 g/mol. The molecular weight excluding hydrogens is 220 g/mol. The van der Waals surface area contributed by atoms with Crippen LogP contribution in [0.2, 0.25) is 0 Å². The Labute approximate surface area is 105 Å². The van der Waals surface area contributed by atoms with Gasteiger partial charge in [-0.05, 0) is 12.8 Å². The summed E-state index contributed by atoms with van der Waals surface area (Å²) >= 11 is 0. The van der Waals surface area contributed by atoms with Gasteiger partial charge < -0.3 is 19.3 Å². The molecule has 0 bridgehead atoms. The smallest absolute Gasteiger partial charge is 0.0704 e. The quantitative estimate of drug-likeness (QED) is 0.504. The average Bonchev–Trinajstić information content (AvgIpc) is 2.36. The molecule has 17 heavy (non-hydrogen) atoms. The topological polar surface area (TPSA) is 47.9 Å². The molecule has 0 heterocycles. The van der Waals surface area contributed by atoms with E-state index in [9.17, 15) is 0 Å². The van der Waals surface area contributed by atoms with Crippen LogP contribution in [-0.2, 0) is 14.2 Å². The first-order chi connectivity index (χ1) is 8.35. The highest BCUT2D eigenvalue weighted by Crippen LogP contribution is 2.07. The summed E-state index contributed by atoms with van der Waals surface area (Å²) in [4.78, 5) is 0. The molecule has 1 unspecified atom stereocenters. The van der Waals surface area contributed by atoms with Gasteiger partial charge in [0.15, 0.2) is 0 Å². The van der Waals surface area contributed by atoms with E-state index in [0.717, 1.165) is 6.42 Å². The standard InChI is InChI=1S/C13H27O4/c1-3-5-6-13(4-2)17-12-11-16-10-9-15-8-7-14/h4,13-14H,3,5-12H2,1-2H3. The lowest BCUT2D eigenvalue weighted by atomic mass is 10.1. The van der Waals surface area contributed by atoms with Crippen LogP contribution in [0.15, 0.2) is 0 Å². The summed E-state index contributed by atoms with van der Waals surface area (Å²) in [7, 11) is 0. The predicted molar refractivity (Wildman–Crippen MR) is 68.0 cm³/mol. The monoisotopic (exact) mass is 247 g/mol. The molecule has 0 aliphatic rings. The van der Waals surface area contributed by atoms with E-state index in [1.807, 2.05) is 6.92 Å². The van der Waals surface area contributed by atoms with E-state index in [4.69, 9.17) is 19.3 Å². The van der Waals surface area contributed by atoms with Crippen LogP contribution in [0, 0.1) is 6.42 Å². The minimum absolute atomic E-state index is 0.0640. The molecule has 0 rings (SSSR count). The molecule has 1 N–H and O–H groups in total. The Morgan fingerprint density at radius 2 is 1.71 bits per heavy atom. The van der Waals surface area contributed by atoms with Crippen molar-refractivity contribution in [2.24, 2.45) is 0 Å². The number of rotatable bonds is 13. The Kier molecular flexibility index (Phi) is 13.8. The van der Waals surface area contributed by atoms with Crippen LogP contribution in [0.1, 0.15) is 33.1 Å². The molecular formula is C13H27O4. The van der Waals surface area contributed by atoms with Crippen molar-refractivity contribution >= 4 is 0 Å². The normalized spacial score (nSPS) is 12.9. The van der Waals surface area contributed by atoms with Crippen molar-refractivity contribution in [3.8, 4) is 0 Å². The van der Waals surface area contributed by atoms with Crippen LogP contribution in [-0.4, -0.2) is 50.9 Å². The summed E-state index contributed by atoms with van der Waals surface area (Å²) in [5, 5.41) is 8.48. The summed E-state index contributed by atoms with van der Waals surface area (Å²) in [6.07, 6.45) is 5.84. The minimum Gasteiger partial charge on any atom is -0.394 e. The van der Waals surface area contributed by atoms with Gasteiger partial charge in [0.25, 0.3) is 0 Å². The molecule has 0 saturated carbocycles. The molecule has 0 aromatic rings. The van der Waals surface area contributed by atoms with Gasteiger partial charge in [-0.15, -0.1) is 0 Å². The maximum atomic E-state index is 8.48. The number of unbranched alkanes of at least 4 members (excludes halogenated alkanes) is 1. The first-order valence-electron chi connectivity index (χ1n) is 6.52. The molecule has 0 fully saturated rings. The summed E-state index contributed by atoms with van der Waals surface area (Å²) in [5.74, 6) is 0. The molecule has 0 aliphatic carbocycles. The van der Waals surface area contributed by atoms with Gasteiger partial charge >= 0.3 is 0 Å². The van der Waals surface area contributed by atoms with E-state index in [1.54, 1.807) is 0 Å².